The molecule has 0 heterocycles. The number of hydrogen-bond donors (Lipinski definition) is 1. The molecule has 0 bridgehead atoms. The summed E-state index contributed by atoms with van der Waals surface area (Å²) in [6, 6.07) is 8.29. The third-order valence-corrected chi connectivity index (χ3v) is 5.44. The number of rotatable bonds is 5. The molecule has 2 rings (SSSR count). The summed E-state index contributed by atoms with van der Waals surface area (Å²) >= 11 is 0. The van der Waals surface area contributed by atoms with Gasteiger partial charge in [0.25, 0.3) is 0 Å². The fraction of sp³-hybridized carbons (Fsp3) is 0.667. The molecule has 0 atom stereocenters. The van der Waals surface area contributed by atoms with Crippen molar-refractivity contribution in [1.29, 1.82) is 0 Å². The third kappa shape index (κ3) is 3.34. The van der Waals surface area contributed by atoms with Crippen molar-refractivity contribution in [3.63, 3.8) is 0 Å². The van der Waals surface area contributed by atoms with E-state index in [0.717, 1.165) is 17.6 Å². The van der Waals surface area contributed by atoms with Crippen LogP contribution in [0.2, 0.25) is 0 Å². The van der Waals surface area contributed by atoms with Crippen LogP contribution in [0.1, 0.15) is 39.5 Å². The molecule has 0 unspecified atom stereocenters. The van der Waals surface area contributed by atoms with Crippen LogP contribution in [0.15, 0.2) is 24.3 Å². The average molecular weight is 290 g/mol. The van der Waals surface area contributed by atoms with Crippen LogP contribution in [0.25, 0.3) is 0 Å². The predicted octanol–water partition coefficient (Wildman–Crippen LogP) is 3.68. The van der Waals surface area contributed by atoms with Crippen molar-refractivity contribution >= 4 is 5.69 Å². The summed E-state index contributed by atoms with van der Waals surface area (Å²) in [7, 11) is 3.89. The van der Waals surface area contributed by atoms with E-state index in [1.807, 2.05) is 6.07 Å². The molecule has 0 aromatic heterocycles. The molecule has 3 nitrogen and oxygen atoms in total. The van der Waals surface area contributed by atoms with E-state index >= 15 is 0 Å². The molecule has 0 amide bonds. The van der Waals surface area contributed by atoms with Gasteiger partial charge in [0.2, 0.25) is 0 Å². The zero-order valence-corrected chi connectivity index (χ0v) is 13.9. The molecule has 1 saturated carbocycles. The first-order chi connectivity index (χ1) is 10.0. The topological polar surface area (TPSA) is 38.5 Å². The Bertz CT molecular complexity index is 450. The molecule has 0 aliphatic heterocycles. The Kier molecular flexibility index (Phi) is 5.15. The highest BCUT2D eigenvalue weighted by Gasteiger charge is 2.38. The van der Waals surface area contributed by atoms with Gasteiger partial charge in [0.15, 0.2) is 0 Å². The first kappa shape index (κ1) is 16.2. The molecular weight excluding hydrogens is 260 g/mol. The molecule has 1 fully saturated rings. The number of nitrogens with zero attached hydrogens (tertiary/aromatic N) is 1. The van der Waals surface area contributed by atoms with Gasteiger partial charge in [0.1, 0.15) is 5.75 Å². The van der Waals surface area contributed by atoms with Crippen molar-refractivity contribution in [2.24, 2.45) is 17.6 Å². The lowest BCUT2D eigenvalue weighted by atomic mass is 9.72. The number of nitrogens with two attached hydrogens (primary N) is 1. The largest absolute Gasteiger partial charge is 0.497 e. The standard InChI is InChI=1S/C18H30N2O/c1-14(2)15-8-10-18(13-19,11-9-15)20(3)16-6-5-7-17(12-16)21-4/h5-7,12,14-15H,8-11,13,19H2,1-4H3. The molecule has 0 saturated heterocycles. The van der Waals surface area contributed by atoms with Crippen molar-refractivity contribution < 1.29 is 4.74 Å². The van der Waals surface area contributed by atoms with Crippen LogP contribution in [0.3, 0.4) is 0 Å². The van der Waals surface area contributed by atoms with Crippen LogP contribution in [0.4, 0.5) is 5.69 Å². The molecular formula is C18H30N2O. The summed E-state index contributed by atoms with van der Waals surface area (Å²) in [5.74, 6) is 2.54. The Morgan fingerprint density at radius 2 is 2.00 bits per heavy atom. The van der Waals surface area contributed by atoms with E-state index in [1.54, 1.807) is 7.11 Å². The van der Waals surface area contributed by atoms with E-state index in [2.05, 4.69) is 44.0 Å². The monoisotopic (exact) mass is 290 g/mol. The number of likely N-dealkylation sites (N-methyl/N-ethyl adjacent to an activating group) is 1. The quantitative estimate of drug-likeness (QED) is 0.899. The Balaban J connectivity index is 2.16. The van der Waals surface area contributed by atoms with E-state index in [0.29, 0.717) is 6.54 Å². The third-order valence-electron chi connectivity index (χ3n) is 5.44. The minimum absolute atomic E-state index is 0.0950. The summed E-state index contributed by atoms with van der Waals surface area (Å²) in [6.45, 7) is 5.39. The number of hydrogen-bond acceptors (Lipinski definition) is 3. The highest BCUT2D eigenvalue weighted by Crippen LogP contribution is 2.40. The van der Waals surface area contributed by atoms with Gasteiger partial charge >= 0.3 is 0 Å². The van der Waals surface area contributed by atoms with Gasteiger partial charge in [0.05, 0.1) is 12.6 Å². The van der Waals surface area contributed by atoms with Crippen molar-refractivity contribution in [2.75, 3.05) is 25.6 Å². The van der Waals surface area contributed by atoms with E-state index < -0.39 is 0 Å². The second kappa shape index (κ2) is 6.69. The zero-order valence-electron chi connectivity index (χ0n) is 13.9. The van der Waals surface area contributed by atoms with E-state index in [1.165, 1.54) is 31.4 Å². The highest BCUT2D eigenvalue weighted by atomic mass is 16.5. The zero-order chi connectivity index (χ0) is 15.5. The predicted molar refractivity (Wildman–Crippen MR) is 90.0 cm³/mol. The van der Waals surface area contributed by atoms with Gasteiger partial charge in [-0.15, -0.1) is 0 Å². The van der Waals surface area contributed by atoms with Crippen molar-refractivity contribution in [3.8, 4) is 5.75 Å². The van der Waals surface area contributed by atoms with Crippen LogP contribution in [0, 0.1) is 11.8 Å². The summed E-state index contributed by atoms with van der Waals surface area (Å²) in [6.07, 6.45) is 4.92. The number of ether oxygens (including phenoxy) is 1. The van der Waals surface area contributed by atoms with Crippen molar-refractivity contribution in [2.45, 2.75) is 45.1 Å². The molecule has 1 aromatic carbocycles. The summed E-state index contributed by atoms with van der Waals surface area (Å²) in [5, 5.41) is 0. The minimum atomic E-state index is 0.0950. The van der Waals surface area contributed by atoms with Crippen LogP contribution in [0.5, 0.6) is 5.75 Å². The molecule has 0 radical (unpaired) electrons. The molecule has 1 aliphatic rings. The maximum atomic E-state index is 6.20. The Morgan fingerprint density at radius 3 is 2.52 bits per heavy atom. The second-order valence-electron chi connectivity index (χ2n) is 6.77. The second-order valence-corrected chi connectivity index (χ2v) is 6.77. The first-order valence-corrected chi connectivity index (χ1v) is 8.10. The molecule has 1 aliphatic carbocycles. The smallest absolute Gasteiger partial charge is 0.120 e. The lowest BCUT2D eigenvalue weighted by molar-refractivity contribution is 0.194. The first-order valence-electron chi connectivity index (χ1n) is 8.10. The molecule has 118 valence electrons. The summed E-state index contributed by atoms with van der Waals surface area (Å²) in [5.41, 5.74) is 7.49. The molecule has 3 heteroatoms. The van der Waals surface area contributed by atoms with Gasteiger partial charge in [-0.3, -0.25) is 0 Å². The van der Waals surface area contributed by atoms with Crippen LogP contribution in [-0.2, 0) is 0 Å². The molecule has 0 spiro atoms. The molecule has 21 heavy (non-hydrogen) atoms. The maximum absolute atomic E-state index is 6.20. The number of anilines is 1. The van der Waals surface area contributed by atoms with Gasteiger partial charge in [-0.05, 0) is 49.7 Å². The van der Waals surface area contributed by atoms with E-state index in [4.69, 9.17) is 10.5 Å². The van der Waals surface area contributed by atoms with Crippen LogP contribution < -0.4 is 15.4 Å². The number of methoxy groups -OCH3 is 1. The van der Waals surface area contributed by atoms with E-state index in [9.17, 15) is 0 Å². The SMILES string of the molecule is COc1cccc(N(C)C2(CN)CCC(C(C)C)CC2)c1. The summed E-state index contributed by atoms with van der Waals surface area (Å²) in [4.78, 5) is 2.38. The average Bonchev–Trinajstić information content (AvgIpc) is 2.54. The van der Waals surface area contributed by atoms with Crippen molar-refractivity contribution in [1.82, 2.24) is 0 Å². The lowest BCUT2D eigenvalue weighted by Gasteiger charge is -2.47. The fourth-order valence-electron chi connectivity index (χ4n) is 3.61. The summed E-state index contributed by atoms with van der Waals surface area (Å²) < 4.78 is 5.35. The minimum Gasteiger partial charge on any atom is -0.497 e. The van der Waals surface area contributed by atoms with Crippen LogP contribution in [-0.4, -0.2) is 26.2 Å². The Hall–Kier alpha value is -1.22. The van der Waals surface area contributed by atoms with Gasteiger partial charge in [-0.2, -0.15) is 0 Å². The molecule has 1 aromatic rings. The fourth-order valence-corrected chi connectivity index (χ4v) is 3.61. The van der Waals surface area contributed by atoms with Gasteiger partial charge < -0.3 is 15.4 Å². The Morgan fingerprint density at radius 1 is 1.33 bits per heavy atom. The van der Waals surface area contributed by atoms with Gasteiger partial charge in [-0.25, -0.2) is 0 Å². The van der Waals surface area contributed by atoms with Crippen molar-refractivity contribution in [3.05, 3.63) is 24.3 Å². The van der Waals surface area contributed by atoms with Gasteiger partial charge in [-0.1, -0.05) is 19.9 Å². The normalized spacial score (nSPS) is 25.9. The van der Waals surface area contributed by atoms with Gasteiger partial charge in [0, 0.05) is 25.3 Å². The lowest BCUT2D eigenvalue weighted by Crippen LogP contribution is -2.54. The number of benzene rings is 1. The highest BCUT2D eigenvalue weighted by molar-refractivity contribution is 5.52. The van der Waals surface area contributed by atoms with Crippen LogP contribution >= 0.6 is 0 Å². The molecule has 2 N–H and O–H groups in total. The Labute approximate surface area is 129 Å². The maximum Gasteiger partial charge on any atom is 0.120 e. The van der Waals surface area contributed by atoms with E-state index in [-0.39, 0.29) is 5.54 Å².